The first kappa shape index (κ1) is 11.9. The van der Waals surface area contributed by atoms with E-state index in [0.29, 0.717) is 0 Å². The molecule has 0 N–H and O–H groups in total. The van der Waals surface area contributed by atoms with Gasteiger partial charge in [-0.2, -0.15) is 0 Å². The number of aryl methyl sites for hydroxylation is 1. The average Bonchev–Trinajstić information content (AvgIpc) is 2.68. The van der Waals surface area contributed by atoms with E-state index in [1.54, 1.807) is 6.26 Å². The van der Waals surface area contributed by atoms with E-state index >= 15 is 0 Å². The molecule has 16 heavy (non-hydrogen) atoms. The molecular formula is C13H12Br2O. The van der Waals surface area contributed by atoms with Crippen molar-refractivity contribution >= 4 is 31.9 Å². The van der Waals surface area contributed by atoms with Gasteiger partial charge in [-0.15, -0.1) is 0 Å². The van der Waals surface area contributed by atoms with Crippen LogP contribution in [0.5, 0.6) is 0 Å². The van der Waals surface area contributed by atoms with Crippen molar-refractivity contribution in [1.82, 2.24) is 0 Å². The van der Waals surface area contributed by atoms with E-state index in [1.165, 1.54) is 11.1 Å². The summed E-state index contributed by atoms with van der Waals surface area (Å²) in [6.45, 7) is 2.10. The predicted molar refractivity (Wildman–Crippen MR) is 73.0 cm³/mol. The van der Waals surface area contributed by atoms with E-state index in [2.05, 4.69) is 63.0 Å². The lowest BCUT2D eigenvalue weighted by Crippen LogP contribution is -1.94. The molecule has 0 radical (unpaired) electrons. The summed E-state index contributed by atoms with van der Waals surface area (Å²) < 4.78 is 6.04. The zero-order valence-electron chi connectivity index (χ0n) is 8.91. The molecule has 2 rings (SSSR count). The van der Waals surface area contributed by atoms with Crippen molar-refractivity contribution in [3.8, 4) is 0 Å². The Kier molecular flexibility index (Phi) is 3.87. The second kappa shape index (κ2) is 5.19. The van der Waals surface area contributed by atoms with Crippen molar-refractivity contribution < 1.29 is 4.42 Å². The van der Waals surface area contributed by atoms with E-state index in [9.17, 15) is 0 Å². The minimum atomic E-state index is 0.281. The maximum absolute atomic E-state index is 5.23. The fourth-order valence-corrected chi connectivity index (χ4v) is 3.13. The highest BCUT2D eigenvalue weighted by molar-refractivity contribution is 9.10. The third-order valence-corrected chi connectivity index (χ3v) is 3.98. The van der Waals surface area contributed by atoms with Crippen LogP contribution in [0.1, 0.15) is 21.5 Å². The monoisotopic (exact) mass is 342 g/mol. The molecule has 3 heteroatoms. The van der Waals surface area contributed by atoms with Gasteiger partial charge in [-0.25, -0.2) is 0 Å². The topological polar surface area (TPSA) is 13.1 Å². The summed E-state index contributed by atoms with van der Waals surface area (Å²) in [6, 6.07) is 10.6. The van der Waals surface area contributed by atoms with Crippen LogP contribution >= 0.6 is 31.9 Å². The predicted octanol–water partition coefficient (Wildman–Crippen LogP) is 5.03. The summed E-state index contributed by atoms with van der Waals surface area (Å²) in [5, 5.41) is 0. The molecule has 0 aliphatic heterocycles. The van der Waals surface area contributed by atoms with Gasteiger partial charge in [0, 0.05) is 10.4 Å². The molecule has 1 nitrogen and oxygen atoms in total. The molecule has 84 valence electrons. The van der Waals surface area contributed by atoms with Crippen LogP contribution in [0.4, 0.5) is 0 Å². The highest BCUT2D eigenvalue weighted by Gasteiger charge is 2.13. The smallest absolute Gasteiger partial charge is 0.173 e. The van der Waals surface area contributed by atoms with Crippen LogP contribution < -0.4 is 0 Å². The van der Waals surface area contributed by atoms with Crippen molar-refractivity contribution in [1.29, 1.82) is 0 Å². The lowest BCUT2D eigenvalue weighted by molar-refractivity contribution is 0.536. The van der Waals surface area contributed by atoms with Crippen LogP contribution in [-0.4, -0.2) is 0 Å². The number of alkyl halides is 1. The SMILES string of the molecule is Cc1ccc(CC(Br)c2ccoc2Br)cc1. The van der Waals surface area contributed by atoms with Crippen molar-refractivity contribution in [2.45, 2.75) is 18.2 Å². The van der Waals surface area contributed by atoms with Gasteiger partial charge in [-0.3, -0.25) is 0 Å². The molecule has 0 amide bonds. The zero-order valence-corrected chi connectivity index (χ0v) is 12.1. The van der Waals surface area contributed by atoms with Crippen molar-refractivity contribution in [2.24, 2.45) is 0 Å². The van der Waals surface area contributed by atoms with Gasteiger partial charge < -0.3 is 4.42 Å². The third-order valence-electron chi connectivity index (χ3n) is 2.52. The summed E-state index contributed by atoms with van der Waals surface area (Å²) >= 11 is 7.08. The molecule has 1 atom stereocenters. The fourth-order valence-electron chi connectivity index (χ4n) is 1.57. The van der Waals surface area contributed by atoms with E-state index < -0.39 is 0 Å². The van der Waals surface area contributed by atoms with Gasteiger partial charge in [0.1, 0.15) is 0 Å². The first-order valence-electron chi connectivity index (χ1n) is 5.09. The minimum absolute atomic E-state index is 0.281. The first-order valence-corrected chi connectivity index (χ1v) is 6.80. The summed E-state index contributed by atoms with van der Waals surface area (Å²) in [6.07, 6.45) is 2.65. The number of furan rings is 1. The molecule has 0 spiro atoms. The fraction of sp³-hybridized carbons (Fsp3) is 0.231. The van der Waals surface area contributed by atoms with Crippen molar-refractivity contribution in [2.75, 3.05) is 0 Å². The molecule has 1 heterocycles. The zero-order chi connectivity index (χ0) is 11.5. The second-order valence-corrected chi connectivity index (χ2v) is 5.63. The average molecular weight is 344 g/mol. The van der Waals surface area contributed by atoms with Gasteiger partial charge in [0.15, 0.2) is 4.67 Å². The Morgan fingerprint density at radius 2 is 1.88 bits per heavy atom. The summed E-state index contributed by atoms with van der Waals surface area (Å²) in [4.78, 5) is 0.281. The van der Waals surface area contributed by atoms with Gasteiger partial charge in [0.2, 0.25) is 0 Å². The molecule has 2 aromatic rings. The first-order chi connectivity index (χ1) is 7.66. The minimum Gasteiger partial charge on any atom is -0.457 e. The lowest BCUT2D eigenvalue weighted by Gasteiger charge is -2.08. The van der Waals surface area contributed by atoms with Gasteiger partial charge >= 0.3 is 0 Å². The number of rotatable bonds is 3. The Balaban J connectivity index is 2.10. The normalized spacial score (nSPS) is 12.7. The Morgan fingerprint density at radius 1 is 1.19 bits per heavy atom. The lowest BCUT2D eigenvalue weighted by atomic mass is 10.1. The Hall–Kier alpha value is -0.540. The Morgan fingerprint density at radius 3 is 2.44 bits per heavy atom. The molecule has 1 unspecified atom stereocenters. The number of benzene rings is 1. The summed E-state index contributed by atoms with van der Waals surface area (Å²) in [5.41, 5.74) is 3.76. The highest BCUT2D eigenvalue weighted by Crippen LogP contribution is 2.33. The van der Waals surface area contributed by atoms with Crippen LogP contribution in [-0.2, 0) is 6.42 Å². The van der Waals surface area contributed by atoms with E-state index in [4.69, 9.17) is 4.42 Å². The van der Waals surface area contributed by atoms with E-state index in [0.717, 1.165) is 16.7 Å². The second-order valence-electron chi connectivity index (χ2n) is 3.81. The Bertz CT molecular complexity index is 459. The van der Waals surface area contributed by atoms with Crippen LogP contribution in [0.15, 0.2) is 45.7 Å². The maximum atomic E-state index is 5.23. The standard InChI is InChI=1S/C13H12Br2O/c1-9-2-4-10(5-3-9)8-12(14)11-6-7-16-13(11)15/h2-7,12H,8H2,1H3. The van der Waals surface area contributed by atoms with Crippen LogP contribution in [0.2, 0.25) is 0 Å². The van der Waals surface area contributed by atoms with Gasteiger partial charge in [-0.05, 0) is 40.9 Å². The molecule has 1 aromatic carbocycles. The largest absolute Gasteiger partial charge is 0.457 e. The van der Waals surface area contributed by atoms with Gasteiger partial charge in [0.25, 0.3) is 0 Å². The molecule has 1 aromatic heterocycles. The van der Waals surface area contributed by atoms with Crippen LogP contribution in [0.25, 0.3) is 0 Å². The van der Waals surface area contributed by atoms with Gasteiger partial charge in [-0.1, -0.05) is 45.8 Å². The summed E-state index contributed by atoms with van der Waals surface area (Å²) in [7, 11) is 0. The Labute approximate surface area is 112 Å². The van der Waals surface area contributed by atoms with Crippen LogP contribution in [0, 0.1) is 6.92 Å². The molecule has 0 bridgehead atoms. The highest BCUT2D eigenvalue weighted by atomic mass is 79.9. The van der Waals surface area contributed by atoms with Gasteiger partial charge in [0.05, 0.1) is 6.26 Å². The molecule has 0 aliphatic rings. The molecule has 0 saturated heterocycles. The van der Waals surface area contributed by atoms with E-state index in [1.807, 2.05) is 6.07 Å². The number of halogens is 2. The molecule has 0 aliphatic carbocycles. The van der Waals surface area contributed by atoms with Crippen molar-refractivity contribution in [3.63, 3.8) is 0 Å². The quantitative estimate of drug-likeness (QED) is 0.712. The van der Waals surface area contributed by atoms with Crippen molar-refractivity contribution in [3.05, 3.63) is 58.0 Å². The van der Waals surface area contributed by atoms with Crippen LogP contribution in [0.3, 0.4) is 0 Å². The molecule has 0 saturated carbocycles. The third kappa shape index (κ3) is 2.77. The summed E-state index contributed by atoms with van der Waals surface area (Å²) in [5.74, 6) is 0. The number of hydrogen-bond donors (Lipinski definition) is 0. The number of hydrogen-bond acceptors (Lipinski definition) is 1. The van der Waals surface area contributed by atoms with E-state index in [-0.39, 0.29) is 4.83 Å². The maximum Gasteiger partial charge on any atom is 0.173 e. The molecule has 0 fully saturated rings. The molecular weight excluding hydrogens is 332 g/mol.